The second-order valence-corrected chi connectivity index (χ2v) is 9.49. The van der Waals surface area contributed by atoms with E-state index >= 15 is 0 Å². The lowest BCUT2D eigenvalue weighted by Crippen LogP contribution is -2.52. The predicted molar refractivity (Wildman–Crippen MR) is 128 cm³/mol. The maximum atomic E-state index is 14.0. The second-order valence-electron chi connectivity index (χ2n) is 8.64. The molecule has 34 heavy (non-hydrogen) atoms. The Balaban J connectivity index is 1.33. The Morgan fingerprint density at radius 2 is 1.85 bits per heavy atom. The third-order valence-electron chi connectivity index (χ3n) is 6.31. The molecule has 0 saturated carbocycles. The summed E-state index contributed by atoms with van der Waals surface area (Å²) in [5.74, 6) is -0.170. The number of hydrogen-bond acceptors (Lipinski definition) is 4. The molecule has 1 unspecified atom stereocenters. The van der Waals surface area contributed by atoms with Gasteiger partial charge in [0, 0.05) is 42.1 Å². The number of ether oxygens (including phenoxy) is 2. The van der Waals surface area contributed by atoms with Gasteiger partial charge in [-0.05, 0) is 49.6 Å². The molecule has 2 amide bonds. The maximum absolute atomic E-state index is 14.0. The number of rotatable bonds is 7. The molecule has 182 valence electrons. The van der Waals surface area contributed by atoms with Gasteiger partial charge in [-0.2, -0.15) is 0 Å². The van der Waals surface area contributed by atoms with Gasteiger partial charge in [-0.3, -0.25) is 4.79 Å². The van der Waals surface area contributed by atoms with Crippen molar-refractivity contribution in [3.63, 3.8) is 0 Å². The van der Waals surface area contributed by atoms with Gasteiger partial charge in [0.25, 0.3) is 0 Å². The standard InChI is InChI=1S/C25H27Cl2FN2O4/c1-2-33-24(31)10-15-3-8-23(21(27)9-15)34-20-12-18-6-7-19(13-20)30(18)25(32)29-14-16-4-5-17(26)11-22(16)28/h3-5,8-9,11,18-20H,2,6-7,10,12-14H2,1H3,(H,29,32)/t18-,19+,20?. The summed E-state index contributed by atoms with van der Waals surface area (Å²) in [6.07, 6.45) is 3.29. The van der Waals surface area contributed by atoms with Crippen LogP contribution < -0.4 is 10.1 Å². The molecular formula is C25H27Cl2FN2O4. The Bertz CT molecular complexity index is 1050. The summed E-state index contributed by atoms with van der Waals surface area (Å²) in [5.41, 5.74) is 1.16. The molecule has 2 aromatic rings. The van der Waals surface area contributed by atoms with Crippen LogP contribution in [0.3, 0.4) is 0 Å². The zero-order valence-electron chi connectivity index (χ0n) is 18.9. The average molecular weight is 509 g/mol. The first-order chi connectivity index (χ1) is 16.3. The first-order valence-corrected chi connectivity index (χ1v) is 12.2. The highest BCUT2D eigenvalue weighted by Gasteiger charge is 2.44. The first-order valence-electron chi connectivity index (χ1n) is 11.4. The van der Waals surface area contributed by atoms with E-state index in [0.717, 1.165) is 18.4 Å². The highest BCUT2D eigenvalue weighted by atomic mass is 35.5. The largest absolute Gasteiger partial charge is 0.489 e. The van der Waals surface area contributed by atoms with Crippen LogP contribution in [0.25, 0.3) is 0 Å². The minimum atomic E-state index is -0.437. The molecule has 0 aromatic heterocycles. The van der Waals surface area contributed by atoms with Gasteiger partial charge in [0.1, 0.15) is 17.7 Å². The monoisotopic (exact) mass is 508 g/mol. The molecule has 4 rings (SSSR count). The van der Waals surface area contributed by atoms with E-state index in [9.17, 15) is 14.0 Å². The summed E-state index contributed by atoms with van der Waals surface area (Å²) in [4.78, 5) is 26.4. The minimum Gasteiger partial charge on any atom is -0.489 e. The number of fused-ring (bicyclic) bond motifs is 2. The SMILES string of the molecule is CCOC(=O)Cc1ccc(OC2C[C@H]3CC[C@@H](C2)N3C(=O)NCc2ccc(Cl)cc2F)c(Cl)c1. The zero-order valence-corrected chi connectivity index (χ0v) is 20.4. The number of esters is 1. The molecule has 0 spiro atoms. The molecule has 1 N–H and O–H groups in total. The van der Waals surface area contributed by atoms with Crippen LogP contribution in [0.2, 0.25) is 10.0 Å². The Labute approximate surface area is 208 Å². The van der Waals surface area contributed by atoms with Gasteiger partial charge in [-0.1, -0.05) is 35.3 Å². The number of carbonyl (C=O) groups excluding carboxylic acids is 2. The van der Waals surface area contributed by atoms with E-state index in [0.29, 0.717) is 40.8 Å². The van der Waals surface area contributed by atoms with Gasteiger partial charge in [0.05, 0.1) is 18.1 Å². The third kappa shape index (κ3) is 5.76. The summed E-state index contributed by atoms with van der Waals surface area (Å²) >= 11 is 12.2. The number of hydrogen-bond donors (Lipinski definition) is 1. The van der Waals surface area contributed by atoms with Gasteiger partial charge < -0.3 is 19.7 Å². The van der Waals surface area contributed by atoms with Crippen molar-refractivity contribution in [1.29, 1.82) is 0 Å². The van der Waals surface area contributed by atoms with Crippen molar-refractivity contribution in [3.8, 4) is 5.75 Å². The van der Waals surface area contributed by atoms with Gasteiger partial charge in [0.15, 0.2) is 0 Å². The molecule has 2 aliphatic rings. The molecule has 6 nitrogen and oxygen atoms in total. The highest BCUT2D eigenvalue weighted by molar-refractivity contribution is 6.32. The van der Waals surface area contributed by atoms with E-state index in [-0.39, 0.29) is 43.2 Å². The van der Waals surface area contributed by atoms with Gasteiger partial charge >= 0.3 is 12.0 Å². The van der Waals surface area contributed by atoms with Gasteiger partial charge in [-0.15, -0.1) is 0 Å². The molecule has 9 heteroatoms. The molecule has 2 aliphatic heterocycles. The first kappa shape index (κ1) is 24.6. The molecule has 3 atom stereocenters. The van der Waals surface area contributed by atoms with Gasteiger partial charge in [-0.25, -0.2) is 9.18 Å². The summed E-state index contributed by atoms with van der Waals surface area (Å²) in [5, 5.41) is 3.60. The Morgan fingerprint density at radius 3 is 2.50 bits per heavy atom. The molecule has 0 radical (unpaired) electrons. The van der Waals surface area contributed by atoms with Crippen LogP contribution in [0.15, 0.2) is 36.4 Å². The Hall–Kier alpha value is -2.51. The third-order valence-corrected chi connectivity index (χ3v) is 6.84. The fraction of sp³-hybridized carbons (Fsp3) is 0.440. The van der Waals surface area contributed by atoms with Gasteiger partial charge in [0.2, 0.25) is 0 Å². The molecule has 2 bridgehead atoms. The summed E-state index contributed by atoms with van der Waals surface area (Å²) in [6.45, 7) is 2.21. The van der Waals surface area contributed by atoms with Crippen molar-refractivity contribution < 1.29 is 23.5 Å². The van der Waals surface area contributed by atoms with Crippen LogP contribution in [0.4, 0.5) is 9.18 Å². The number of nitrogens with zero attached hydrogens (tertiary/aromatic N) is 1. The van der Waals surface area contributed by atoms with Crippen LogP contribution in [0.1, 0.15) is 43.7 Å². The summed E-state index contributed by atoms with van der Waals surface area (Å²) < 4.78 is 25.2. The minimum absolute atomic E-state index is 0.0562. The van der Waals surface area contributed by atoms with Crippen LogP contribution in [0.5, 0.6) is 5.75 Å². The summed E-state index contributed by atoms with van der Waals surface area (Å²) in [6, 6.07) is 9.65. The van der Waals surface area contributed by atoms with E-state index in [1.807, 2.05) is 11.0 Å². The molecule has 2 saturated heterocycles. The smallest absolute Gasteiger partial charge is 0.318 e. The highest BCUT2D eigenvalue weighted by Crippen LogP contribution is 2.38. The van der Waals surface area contributed by atoms with E-state index in [2.05, 4.69) is 5.32 Å². The Morgan fingerprint density at radius 1 is 1.12 bits per heavy atom. The van der Waals surface area contributed by atoms with Crippen molar-refractivity contribution >= 4 is 35.2 Å². The molecule has 2 heterocycles. The second kappa shape index (κ2) is 10.8. The normalized spacial score (nSPS) is 21.3. The number of amides is 2. The molecule has 0 aliphatic carbocycles. The van der Waals surface area contributed by atoms with E-state index < -0.39 is 5.82 Å². The average Bonchev–Trinajstić information content (AvgIpc) is 3.05. The van der Waals surface area contributed by atoms with Crippen molar-refractivity contribution in [2.24, 2.45) is 0 Å². The maximum Gasteiger partial charge on any atom is 0.318 e. The predicted octanol–water partition coefficient (Wildman–Crippen LogP) is 5.52. The van der Waals surface area contributed by atoms with Crippen LogP contribution in [-0.2, 0) is 22.5 Å². The molecule has 2 fully saturated rings. The topological polar surface area (TPSA) is 67.9 Å². The number of nitrogens with one attached hydrogen (secondary N) is 1. The van der Waals surface area contributed by atoms with E-state index in [4.69, 9.17) is 32.7 Å². The van der Waals surface area contributed by atoms with Crippen molar-refractivity contribution in [3.05, 3.63) is 63.4 Å². The number of urea groups is 1. The fourth-order valence-electron chi connectivity index (χ4n) is 4.79. The lowest BCUT2D eigenvalue weighted by atomic mass is 10.00. The number of carbonyl (C=O) groups is 2. The quantitative estimate of drug-likeness (QED) is 0.499. The number of halogens is 3. The van der Waals surface area contributed by atoms with Crippen molar-refractivity contribution in [2.45, 2.75) is 63.8 Å². The fourth-order valence-corrected chi connectivity index (χ4v) is 5.20. The van der Waals surface area contributed by atoms with E-state index in [1.165, 1.54) is 6.07 Å². The van der Waals surface area contributed by atoms with Crippen LogP contribution in [0, 0.1) is 5.82 Å². The molecular weight excluding hydrogens is 482 g/mol. The lowest BCUT2D eigenvalue weighted by molar-refractivity contribution is -0.142. The van der Waals surface area contributed by atoms with Crippen LogP contribution >= 0.6 is 23.2 Å². The number of benzene rings is 2. The Kier molecular flexibility index (Phi) is 7.84. The van der Waals surface area contributed by atoms with Crippen molar-refractivity contribution in [2.75, 3.05) is 6.61 Å². The molecule has 2 aromatic carbocycles. The van der Waals surface area contributed by atoms with Crippen LogP contribution in [-0.4, -0.2) is 41.7 Å². The zero-order chi connectivity index (χ0) is 24.2. The number of piperidine rings is 1. The summed E-state index contributed by atoms with van der Waals surface area (Å²) in [7, 11) is 0. The van der Waals surface area contributed by atoms with E-state index in [1.54, 1.807) is 31.2 Å². The van der Waals surface area contributed by atoms with Crippen molar-refractivity contribution in [1.82, 2.24) is 10.2 Å². The lowest BCUT2D eigenvalue weighted by Gasteiger charge is -2.39.